The Bertz CT molecular complexity index is 406. The number of hydrogen-bond donors (Lipinski definition) is 2. The molecule has 7 heteroatoms. The molecule has 1 saturated heterocycles. The number of hydrogen-bond acceptors (Lipinski definition) is 4. The lowest BCUT2D eigenvalue weighted by atomic mass is 9.98. The van der Waals surface area contributed by atoms with Crippen LogP contribution in [0.25, 0.3) is 0 Å². The molecule has 118 valence electrons. The largest absolute Gasteiger partial charge is 0.480 e. The van der Waals surface area contributed by atoms with Crippen molar-refractivity contribution in [3.05, 3.63) is 0 Å². The summed E-state index contributed by atoms with van der Waals surface area (Å²) < 4.78 is 5.24. The number of likely N-dealkylation sites (tertiary alicyclic amines) is 1. The highest BCUT2D eigenvalue weighted by molar-refractivity contribution is 5.87. The van der Waals surface area contributed by atoms with E-state index in [0.29, 0.717) is 19.4 Å². The van der Waals surface area contributed by atoms with E-state index >= 15 is 0 Å². The third-order valence-electron chi connectivity index (χ3n) is 4.07. The Balaban J connectivity index is 1.72. The maximum Gasteiger partial charge on any atom is 0.407 e. The number of nitrogens with zero attached hydrogens (tertiary/aromatic N) is 1. The van der Waals surface area contributed by atoms with Crippen LogP contribution in [0.4, 0.5) is 4.79 Å². The molecule has 1 aliphatic heterocycles. The molecule has 0 aromatic rings. The normalized spacial score (nSPS) is 22.9. The molecule has 0 radical (unpaired) electrons. The number of carbonyl (C=O) groups is 3. The van der Waals surface area contributed by atoms with E-state index in [4.69, 9.17) is 9.84 Å². The molecule has 0 spiro atoms. The van der Waals surface area contributed by atoms with Crippen molar-refractivity contribution in [2.75, 3.05) is 13.1 Å². The summed E-state index contributed by atoms with van der Waals surface area (Å²) in [5, 5.41) is 11.4. The molecule has 2 N–H and O–H groups in total. The summed E-state index contributed by atoms with van der Waals surface area (Å²) in [7, 11) is 0. The van der Waals surface area contributed by atoms with E-state index in [1.54, 1.807) is 0 Å². The highest BCUT2D eigenvalue weighted by Gasteiger charge is 2.33. The van der Waals surface area contributed by atoms with Crippen molar-refractivity contribution in [3.63, 3.8) is 0 Å². The van der Waals surface area contributed by atoms with E-state index in [0.717, 1.165) is 25.7 Å². The van der Waals surface area contributed by atoms with E-state index in [1.165, 1.54) is 11.3 Å². The Morgan fingerprint density at radius 1 is 1.10 bits per heavy atom. The third kappa shape index (κ3) is 4.34. The quantitative estimate of drug-likeness (QED) is 0.811. The van der Waals surface area contributed by atoms with Crippen molar-refractivity contribution < 1.29 is 24.2 Å². The van der Waals surface area contributed by atoms with Gasteiger partial charge in [0, 0.05) is 6.54 Å². The second-order valence-electron chi connectivity index (χ2n) is 5.60. The minimum Gasteiger partial charge on any atom is -0.480 e. The average Bonchev–Trinajstić information content (AvgIpc) is 2.95. The Kier molecular flexibility index (Phi) is 5.41. The van der Waals surface area contributed by atoms with Crippen molar-refractivity contribution in [3.8, 4) is 0 Å². The van der Waals surface area contributed by atoms with Crippen LogP contribution >= 0.6 is 0 Å². The second-order valence-corrected chi connectivity index (χ2v) is 5.60. The maximum absolute atomic E-state index is 11.9. The number of carboxylic acid groups (broad SMARTS) is 1. The molecule has 2 rings (SSSR count). The molecular weight excluding hydrogens is 276 g/mol. The van der Waals surface area contributed by atoms with Crippen molar-refractivity contribution in [1.82, 2.24) is 10.2 Å². The number of carboxylic acids is 1. The minimum absolute atomic E-state index is 0.0626. The van der Waals surface area contributed by atoms with E-state index in [2.05, 4.69) is 5.32 Å². The Morgan fingerprint density at radius 3 is 2.48 bits per heavy atom. The first kappa shape index (κ1) is 15.6. The molecular formula is C14H22N2O5. The van der Waals surface area contributed by atoms with Gasteiger partial charge in [-0.05, 0) is 38.5 Å². The molecule has 1 atom stereocenters. The summed E-state index contributed by atoms with van der Waals surface area (Å²) in [5.41, 5.74) is 0. The number of rotatable bonds is 4. The fourth-order valence-corrected chi connectivity index (χ4v) is 2.95. The van der Waals surface area contributed by atoms with Gasteiger partial charge < -0.3 is 20.1 Å². The fourth-order valence-electron chi connectivity index (χ4n) is 2.95. The van der Waals surface area contributed by atoms with Crippen molar-refractivity contribution >= 4 is 18.0 Å². The SMILES string of the molecule is O=C(NCC(=O)N1CCC[C@H]1C(=O)O)OC1CCCCC1. The van der Waals surface area contributed by atoms with Crippen molar-refractivity contribution in [2.45, 2.75) is 57.1 Å². The number of amides is 2. The Hall–Kier alpha value is -1.79. The van der Waals surface area contributed by atoms with Gasteiger partial charge in [0.05, 0.1) is 0 Å². The zero-order chi connectivity index (χ0) is 15.2. The van der Waals surface area contributed by atoms with Crippen molar-refractivity contribution in [2.24, 2.45) is 0 Å². The minimum atomic E-state index is -0.995. The summed E-state index contributed by atoms with van der Waals surface area (Å²) >= 11 is 0. The number of alkyl carbamates (subject to hydrolysis) is 1. The fraction of sp³-hybridized carbons (Fsp3) is 0.786. The van der Waals surface area contributed by atoms with Crippen LogP contribution in [0, 0.1) is 0 Å². The van der Waals surface area contributed by atoms with Gasteiger partial charge in [0.2, 0.25) is 5.91 Å². The number of aliphatic carboxylic acids is 1. The third-order valence-corrected chi connectivity index (χ3v) is 4.07. The van der Waals surface area contributed by atoms with Gasteiger partial charge in [-0.25, -0.2) is 9.59 Å². The van der Waals surface area contributed by atoms with Crippen LogP contribution in [0.1, 0.15) is 44.9 Å². The van der Waals surface area contributed by atoms with Crippen LogP contribution < -0.4 is 5.32 Å². The number of carbonyl (C=O) groups excluding carboxylic acids is 2. The van der Waals surface area contributed by atoms with Gasteiger partial charge in [0.1, 0.15) is 18.7 Å². The molecule has 21 heavy (non-hydrogen) atoms. The highest BCUT2D eigenvalue weighted by atomic mass is 16.6. The molecule has 2 fully saturated rings. The lowest BCUT2D eigenvalue weighted by Crippen LogP contribution is -2.45. The van der Waals surface area contributed by atoms with Gasteiger partial charge in [0.15, 0.2) is 0 Å². The van der Waals surface area contributed by atoms with Crippen LogP contribution in [-0.2, 0) is 14.3 Å². The van der Waals surface area contributed by atoms with Crippen LogP contribution in [0.5, 0.6) is 0 Å². The first-order chi connectivity index (χ1) is 10.1. The first-order valence-electron chi connectivity index (χ1n) is 7.54. The Labute approximate surface area is 123 Å². The molecule has 1 heterocycles. The zero-order valence-corrected chi connectivity index (χ0v) is 12.0. The van der Waals surface area contributed by atoms with E-state index < -0.39 is 18.1 Å². The summed E-state index contributed by atoms with van der Waals surface area (Å²) in [6.07, 6.45) is 5.52. The first-order valence-corrected chi connectivity index (χ1v) is 7.54. The smallest absolute Gasteiger partial charge is 0.407 e. The molecule has 2 amide bonds. The lowest BCUT2D eigenvalue weighted by molar-refractivity contribution is -0.147. The predicted molar refractivity (Wildman–Crippen MR) is 73.7 cm³/mol. The standard InChI is InChI=1S/C14H22N2O5/c17-12(16-8-4-7-11(16)13(18)19)9-15-14(20)21-10-5-2-1-3-6-10/h10-11H,1-9H2,(H,15,20)(H,18,19)/t11-/m0/s1. The molecule has 0 unspecified atom stereocenters. The monoisotopic (exact) mass is 298 g/mol. The maximum atomic E-state index is 11.9. The second kappa shape index (κ2) is 7.28. The molecule has 0 aromatic carbocycles. The summed E-state index contributed by atoms with van der Waals surface area (Å²) in [4.78, 5) is 35.9. The number of ether oxygens (including phenoxy) is 1. The van der Waals surface area contributed by atoms with Gasteiger partial charge in [-0.3, -0.25) is 4.79 Å². The Morgan fingerprint density at radius 2 is 1.81 bits per heavy atom. The number of nitrogens with one attached hydrogen (secondary N) is 1. The van der Waals surface area contributed by atoms with E-state index in [-0.39, 0.29) is 18.6 Å². The van der Waals surface area contributed by atoms with Crippen LogP contribution in [-0.4, -0.2) is 53.2 Å². The molecule has 0 bridgehead atoms. The van der Waals surface area contributed by atoms with Gasteiger partial charge in [-0.15, -0.1) is 0 Å². The van der Waals surface area contributed by atoms with Crippen LogP contribution in [0.15, 0.2) is 0 Å². The van der Waals surface area contributed by atoms with Gasteiger partial charge >= 0.3 is 12.1 Å². The van der Waals surface area contributed by atoms with Crippen LogP contribution in [0.3, 0.4) is 0 Å². The van der Waals surface area contributed by atoms with Crippen LogP contribution in [0.2, 0.25) is 0 Å². The van der Waals surface area contributed by atoms with Gasteiger partial charge in [0.25, 0.3) is 0 Å². The molecule has 0 aromatic heterocycles. The van der Waals surface area contributed by atoms with E-state index in [9.17, 15) is 14.4 Å². The summed E-state index contributed by atoms with van der Waals surface area (Å²) in [5.74, 6) is -1.37. The van der Waals surface area contributed by atoms with E-state index in [1.807, 2.05) is 0 Å². The van der Waals surface area contributed by atoms with Gasteiger partial charge in [-0.2, -0.15) is 0 Å². The molecule has 1 aliphatic carbocycles. The topological polar surface area (TPSA) is 95.9 Å². The molecule has 2 aliphatic rings. The summed E-state index contributed by atoms with van der Waals surface area (Å²) in [6, 6.07) is -0.770. The molecule has 1 saturated carbocycles. The average molecular weight is 298 g/mol. The zero-order valence-electron chi connectivity index (χ0n) is 12.0. The van der Waals surface area contributed by atoms with Gasteiger partial charge in [-0.1, -0.05) is 6.42 Å². The highest BCUT2D eigenvalue weighted by Crippen LogP contribution is 2.20. The predicted octanol–water partition coefficient (Wildman–Crippen LogP) is 1.12. The lowest BCUT2D eigenvalue weighted by Gasteiger charge is -2.23. The summed E-state index contributed by atoms with van der Waals surface area (Å²) in [6.45, 7) is 0.213. The molecule has 7 nitrogen and oxygen atoms in total. The van der Waals surface area contributed by atoms with Crippen molar-refractivity contribution in [1.29, 1.82) is 0 Å².